The second kappa shape index (κ2) is 7.87. The number of methoxy groups -OCH3 is 1. The molecule has 0 bridgehead atoms. The molecular formula is C21H27NO3. The van der Waals surface area contributed by atoms with Gasteiger partial charge in [0.25, 0.3) is 0 Å². The van der Waals surface area contributed by atoms with Crippen molar-refractivity contribution in [3.05, 3.63) is 42.0 Å². The molecule has 0 aromatic heterocycles. The molecule has 2 aromatic carbocycles. The van der Waals surface area contributed by atoms with Gasteiger partial charge < -0.3 is 14.7 Å². The topological polar surface area (TPSA) is 49.8 Å². The van der Waals surface area contributed by atoms with Crippen LogP contribution in [0.3, 0.4) is 0 Å². The number of hydrogen-bond donors (Lipinski definition) is 1. The molecule has 1 aliphatic rings. The van der Waals surface area contributed by atoms with E-state index in [4.69, 9.17) is 9.84 Å². The van der Waals surface area contributed by atoms with E-state index in [1.165, 1.54) is 0 Å². The molecule has 4 nitrogen and oxygen atoms in total. The molecule has 25 heavy (non-hydrogen) atoms. The van der Waals surface area contributed by atoms with Crippen LogP contribution in [0.1, 0.15) is 44.1 Å². The number of aliphatic hydroxyl groups is 1. The number of benzene rings is 2. The molecule has 1 N–H and O–H groups in total. The van der Waals surface area contributed by atoms with E-state index >= 15 is 0 Å². The maximum absolute atomic E-state index is 13.0. The van der Waals surface area contributed by atoms with E-state index in [0.717, 1.165) is 54.3 Å². The van der Waals surface area contributed by atoms with E-state index < -0.39 is 0 Å². The van der Waals surface area contributed by atoms with Gasteiger partial charge in [0.1, 0.15) is 5.75 Å². The van der Waals surface area contributed by atoms with Gasteiger partial charge >= 0.3 is 0 Å². The molecule has 0 radical (unpaired) electrons. The van der Waals surface area contributed by atoms with Crippen molar-refractivity contribution in [1.82, 2.24) is 4.90 Å². The van der Waals surface area contributed by atoms with Crippen molar-refractivity contribution in [2.45, 2.75) is 44.6 Å². The second-order valence-electron chi connectivity index (χ2n) is 6.89. The lowest BCUT2D eigenvalue weighted by Gasteiger charge is -2.28. The van der Waals surface area contributed by atoms with Crippen molar-refractivity contribution in [1.29, 1.82) is 0 Å². The molecule has 0 saturated carbocycles. The average molecular weight is 341 g/mol. The average Bonchev–Trinajstić information content (AvgIpc) is 3.12. The highest BCUT2D eigenvalue weighted by atomic mass is 16.5. The SMILES string of the molecule is COc1ccc2cc([C@H](C)C(=O)N3CCCC3CCCO)ccc2c1. The number of nitrogens with zero attached hydrogens (tertiary/aromatic N) is 1. The van der Waals surface area contributed by atoms with Crippen LogP contribution in [-0.4, -0.2) is 42.2 Å². The Bertz CT molecular complexity index is 743. The monoisotopic (exact) mass is 341 g/mol. The molecule has 0 aliphatic carbocycles. The van der Waals surface area contributed by atoms with Gasteiger partial charge in [0.05, 0.1) is 13.0 Å². The molecule has 1 amide bonds. The fraction of sp³-hybridized carbons (Fsp3) is 0.476. The number of carbonyl (C=O) groups is 1. The fourth-order valence-corrected chi connectivity index (χ4v) is 3.78. The Balaban J connectivity index is 1.78. The van der Waals surface area contributed by atoms with Gasteiger partial charge in [-0.25, -0.2) is 0 Å². The van der Waals surface area contributed by atoms with Crippen molar-refractivity contribution >= 4 is 16.7 Å². The van der Waals surface area contributed by atoms with Crippen LogP contribution >= 0.6 is 0 Å². The molecule has 1 unspecified atom stereocenters. The maximum Gasteiger partial charge on any atom is 0.230 e. The lowest BCUT2D eigenvalue weighted by atomic mass is 9.96. The minimum absolute atomic E-state index is 0.152. The van der Waals surface area contributed by atoms with Crippen LogP contribution < -0.4 is 4.74 Å². The van der Waals surface area contributed by atoms with E-state index in [2.05, 4.69) is 12.1 Å². The number of likely N-dealkylation sites (tertiary alicyclic amines) is 1. The molecule has 3 rings (SSSR count). The number of amides is 1. The summed E-state index contributed by atoms with van der Waals surface area (Å²) < 4.78 is 5.27. The second-order valence-corrected chi connectivity index (χ2v) is 6.89. The van der Waals surface area contributed by atoms with Crippen molar-refractivity contribution in [3.63, 3.8) is 0 Å². The summed E-state index contributed by atoms with van der Waals surface area (Å²) in [7, 11) is 1.67. The Hall–Kier alpha value is -2.07. The van der Waals surface area contributed by atoms with Crippen molar-refractivity contribution in [2.24, 2.45) is 0 Å². The maximum atomic E-state index is 13.0. The van der Waals surface area contributed by atoms with E-state index in [1.807, 2.05) is 36.1 Å². The largest absolute Gasteiger partial charge is 0.497 e. The Morgan fingerprint density at radius 2 is 2.04 bits per heavy atom. The Labute approximate surface area is 149 Å². The van der Waals surface area contributed by atoms with Crippen LogP contribution in [0.25, 0.3) is 10.8 Å². The molecule has 2 aromatic rings. The Morgan fingerprint density at radius 1 is 1.28 bits per heavy atom. The van der Waals surface area contributed by atoms with E-state index in [-0.39, 0.29) is 24.5 Å². The zero-order valence-electron chi connectivity index (χ0n) is 15.1. The number of fused-ring (bicyclic) bond motifs is 1. The molecule has 1 saturated heterocycles. The van der Waals surface area contributed by atoms with Crippen LogP contribution in [0.2, 0.25) is 0 Å². The molecule has 0 spiro atoms. The third-order valence-electron chi connectivity index (χ3n) is 5.30. The highest BCUT2D eigenvalue weighted by molar-refractivity contribution is 5.88. The molecule has 134 valence electrons. The smallest absolute Gasteiger partial charge is 0.230 e. The third-order valence-corrected chi connectivity index (χ3v) is 5.30. The number of rotatable bonds is 6. The van der Waals surface area contributed by atoms with Crippen LogP contribution in [-0.2, 0) is 4.79 Å². The summed E-state index contributed by atoms with van der Waals surface area (Å²) in [5, 5.41) is 11.3. The Morgan fingerprint density at radius 3 is 2.80 bits per heavy atom. The van der Waals surface area contributed by atoms with E-state index in [1.54, 1.807) is 7.11 Å². The van der Waals surface area contributed by atoms with Crippen LogP contribution in [0.4, 0.5) is 0 Å². The van der Waals surface area contributed by atoms with Crippen LogP contribution in [0, 0.1) is 0 Å². The minimum atomic E-state index is -0.152. The van der Waals surface area contributed by atoms with Gasteiger partial charge in [0, 0.05) is 19.2 Å². The summed E-state index contributed by atoms with van der Waals surface area (Å²) in [4.78, 5) is 15.0. The molecule has 1 fully saturated rings. The number of ether oxygens (including phenoxy) is 1. The minimum Gasteiger partial charge on any atom is -0.497 e. The quantitative estimate of drug-likeness (QED) is 0.871. The lowest BCUT2D eigenvalue weighted by molar-refractivity contribution is -0.133. The highest BCUT2D eigenvalue weighted by Gasteiger charge is 2.31. The zero-order chi connectivity index (χ0) is 17.8. The summed E-state index contributed by atoms with van der Waals surface area (Å²) in [5.41, 5.74) is 1.05. The lowest BCUT2D eigenvalue weighted by Crippen LogP contribution is -2.38. The summed E-state index contributed by atoms with van der Waals surface area (Å²) in [5.74, 6) is 0.891. The third kappa shape index (κ3) is 3.79. The van der Waals surface area contributed by atoms with E-state index in [9.17, 15) is 4.79 Å². The molecule has 2 atom stereocenters. The Kier molecular flexibility index (Phi) is 5.59. The van der Waals surface area contributed by atoms with Gasteiger partial charge in [-0.05, 0) is 61.1 Å². The van der Waals surface area contributed by atoms with Crippen molar-refractivity contribution in [2.75, 3.05) is 20.3 Å². The summed E-state index contributed by atoms with van der Waals surface area (Å²) in [6.45, 7) is 3.03. The normalized spacial score (nSPS) is 18.5. The van der Waals surface area contributed by atoms with Gasteiger partial charge in [0.2, 0.25) is 5.91 Å². The number of hydrogen-bond acceptors (Lipinski definition) is 3. The predicted molar refractivity (Wildman–Crippen MR) is 100.0 cm³/mol. The summed E-state index contributed by atoms with van der Waals surface area (Å²) in [6.07, 6.45) is 3.77. The number of aliphatic hydroxyl groups excluding tert-OH is 1. The van der Waals surface area contributed by atoms with Gasteiger partial charge in [-0.15, -0.1) is 0 Å². The molecule has 1 heterocycles. The standard InChI is InChI=1S/C21H27NO3/c1-15(21(24)22-11-3-5-19(22)6-4-12-23)16-7-8-18-14-20(25-2)10-9-17(18)13-16/h7-10,13-15,19,23H,3-6,11-12H2,1-2H3/t15-,19?/m0/s1. The molecule has 1 aliphatic heterocycles. The molecule has 4 heteroatoms. The van der Waals surface area contributed by atoms with Crippen molar-refractivity contribution in [3.8, 4) is 5.75 Å². The number of carbonyl (C=O) groups excluding carboxylic acids is 1. The highest BCUT2D eigenvalue weighted by Crippen LogP contribution is 2.29. The zero-order valence-corrected chi connectivity index (χ0v) is 15.1. The summed E-state index contributed by atoms with van der Waals surface area (Å²) >= 11 is 0. The van der Waals surface area contributed by atoms with Gasteiger partial charge in [0.15, 0.2) is 0 Å². The van der Waals surface area contributed by atoms with Crippen LogP contribution in [0.5, 0.6) is 5.75 Å². The summed E-state index contributed by atoms with van der Waals surface area (Å²) in [6, 6.07) is 12.5. The van der Waals surface area contributed by atoms with Gasteiger partial charge in [-0.1, -0.05) is 24.3 Å². The first-order valence-electron chi connectivity index (χ1n) is 9.13. The predicted octanol–water partition coefficient (Wildman–Crippen LogP) is 3.72. The molecular weight excluding hydrogens is 314 g/mol. The first kappa shape index (κ1) is 17.7. The first-order chi connectivity index (χ1) is 12.1. The van der Waals surface area contributed by atoms with E-state index in [0.29, 0.717) is 0 Å². The fourth-order valence-electron chi connectivity index (χ4n) is 3.78. The van der Waals surface area contributed by atoms with Crippen LogP contribution in [0.15, 0.2) is 36.4 Å². The first-order valence-corrected chi connectivity index (χ1v) is 9.13. The van der Waals surface area contributed by atoms with Gasteiger partial charge in [-0.2, -0.15) is 0 Å². The van der Waals surface area contributed by atoms with Gasteiger partial charge in [-0.3, -0.25) is 4.79 Å². The van der Waals surface area contributed by atoms with Crippen molar-refractivity contribution < 1.29 is 14.6 Å².